The Balaban J connectivity index is 0.000000466. The lowest BCUT2D eigenvalue weighted by Gasteiger charge is -2.12. The predicted molar refractivity (Wildman–Crippen MR) is 123 cm³/mol. The molecule has 0 aromatic heterocycles. The van der Waals surface area contributed by atoms with Gasteiger partial charge in [-0.1, -0.05) is 24.3 Å². The van der Waals surface area contributed by atoms with Gasteiger partial charge < -0.3 is 9.84 Å². The summed E-state index contributed by atoms with van der Waals surface area (Å²) in [5.41, 5.74) is 3.10. The van der Waals surface area contributed by atoms with E-state index in [0.29, 0.717) is 11.1 Å². The van der Waals surface area contributed by atoms with Gasteiger partial charge in [-0.3, -0.25) is 9.59 Å². The van der Waals surface area contributed by atoms with Gasteiger partial charge in [-0.2, -0.15) is 0 Å². The van der Waals surface area contributed by atoms with Crippen molar-refractivity contribution in [1.82, 2.24) is 0 Å². The number of carbonyl (C=O) groups excluding carboxylic acids is 2. The van der Waals surface area contributed by atoms with Crippen molar-refractivity contribution in [3.63, 3.8) is 0 Å². The molecule has 0 spiro atoms. The summed E-state index contributed by atoms with van der Waals surface area (Å²) < 4.78 is 5.58. The quantitative estimate of drug-likeness (QED) is 0.401. The van der Waals surface area contributed by atoms with E-state index in [1.165, 1.54) is 13.0 Å². The molecule has 2 aromatic rings. The minimum atomic E-state index is -1.72. The summed E-state index contributed by atoms with van der Waals surface area (Å²) >= 11 is -1.72. The smallest absolute Gasteiger partial charge is 0.508 e. The first-order valence-corrected chi connectivity index (χ1v) is 14.1. The molecule has 0 fully saturated rings. The van der Waals surface area contributed by atoms with Gasteiger partial charge in [-0.15, -0.1) is 0 Å². The molecule has 0 saturated heterocycles. The molecule has 2 aromatic carbocycles. The minimum Gasteiger partial charge on any atom is -0.508 e. The Morgan fingerprint density at radius 1 is 0.897 bits per heavy atom. The third-order valence-electron chi connectivity index (χ3n) is 3.57. The maximum Gasteiger partial charge on any atom is 0.643 e. The second kappa shape index (κ2) is 13.9. The number of phenols is 1. The molecule has 0 heterocycles. The molecule has 0 radical (unpaired) electrons. The molecular weight excluding hydrogens is 450 g/mol. The van der Waals surface area contributed by atoms with Crippen molar-refractivity contribution >= 4 is 53.1 Å². The number of Topliss-reactive ketones (excluding diaryl/α,β-unsaturated/α-hetero) is 2. The van der Waals surface area contributed by atoms with Gasteiger partial charge >= 0.3 is 11.4 Å². The highest BCUT2D eigenvalue weighted by molar-refractivity contribution is 7.54. The van der Waals surface area contributed by atoms with Gasteiger partial charge in [0, 0.05) is 11.1 Å². The third kappa shape index (κ3) is 12.2. The normalized spacial score (nSPS) is 9.59. The Bertz CT molecular complexity index is 821. The Labute approximate surface area is 189 Å². The van der Waals surface area contributed by atoms with E-state index in [0.717, 1.165) is 16.9 Å². The molecule has 4 nitrogen and oxygen atoms in total. The molecule has 0 aliphatic rings. The van der Waals surface area contributed by atoms with Crippen LogP contribution in [-0.4, -0.2) is 34.2 Å². The highest BCUT2D eigenvalue weighted by atomic mass is 35.8. The summed E-state index contributed by atoms with van der Waals surface area (Å²) in [4.78, 5) is 21.9. The predicted octanol–water partition coefficient (Wildman–Crippen LogP) is 6.58. The summed E-state index contributed by atoms with van der Waals surface area (Å²) in [7, 11) is 14.8. The van der Waals surface area contributed by atoms with E-state index in [2.05, 4.69) is 0 Å². The van der Waals surface area contributed by atoms with Crippen LogP contribution >= 0.6 is 30.1 Å². The van der Waals surface area contributed by atoms with Crippen LogP contribution in [0.4, 0.5) is 0 Å². The van der Waals surface area contributed by atoms with E-state index in [4.69, 9.17) is 34.9 Å². The number of carbonyl (C=O) groups is 2. The highest BCUT2D eigenvalue weighted by Crippen LogP contribution is 2.21. The Morgan fingerprint density at radius 2 is 1.31 bits per heavy atom. The molecule has 0 unspecified atom stereocenters. The van der Waals surface area contributed by atoms with Crippen molar-refractivity contribution in [2.75, 3.05) is 0 Å². The van der Waals surface area contributed by atoms with Crippen LogP contribution in [0.15, 0.2) is 36.4 Å². The van der Waals surface area contributed by atoms with Crippen LogP contribution in [0.2, 0.25) is 0 Å². The van der Waals surface area contributed by atoms with E-state index in [1.807, 2.05) is 32.9 Å². The highest BCUT2D eigenvalue weighted by Gasteiger charge is 2.06. The van der Waals surface area contributed by atoms with Gasteiger partial charge in [0.05, 0.1) is 6.10 Å². The first-order valence-electron chi connectivity index (χ1n) is 8.86. The second-order valence-electron chi connectivity index (χ2n) is 6.51. The van der Waals surface area contributed by atoms with Crippen LogP contribution in [0.3, 0.4) is 0 Å². The fourth-order valence-electron chi connectivity index (χ4n) is 2.03. The number of hydrogen-bond acceptors (Lipinski definition) is 4. The van der Waals surface area contributed by atoms with Gasteiger partial charge in [0.15, 0.2) is 11.6 Å². The number of phenolic OH excluding ortho intramolecular Hbond substituents is 1. The molecule has 158 valence electrons. The number of aryl methyl sites for hydroxylation is 2. The molecule has 29 heavy (non-hydrogen) atoms. The number of halogens is 3. The molecule has 0 aliphatic carbocycles. The van der Waals surface area contributed by atoms with Gasteiger partial charge in [-0.25, -0.2) is 30.1 Å². The number of ether oxygens (including phenoxy) is 1. The Hall–Kier alpha value is -1.22. The van der Waals surface area contributed by atoms with Crippen molar-refractivity contribution in [2.45, 2.75) is 47.6 Å². The number of benzene rings is 2. The zero-order valence-corrected chi connectivity index (χ0v) is 20.8. The van der Waals surface area contributed by atoms with Crippen LogP contribution in [0.25, 0.3) is 0 Å². The van der Waals surface area contributed by atoms with Crippen molar-refractivity contribution in [3.8, 4) is 11.5 Å². The standard InChI is InChI=1S/C12H16O2.C9H10O2.Al.3ClH/c1-8(2)14-12-7-11(10(4)13)6-5-9(12)3;1-6-3-4-8(7(2)10)5-9(6)11;;;;/h5-8H,1-4H3;3-5,11H,1-2H3;;3*1H/q;;+3;;;/p-3. The number of aromatic hydroxyl groups is 1. The molecule has 0 atom stereocenters. The average molecular weight is 476 g/mol. The van der Waals surface area contributed by atoms with Gasteiger partial charge in [-0.05, 0) is 64.8 Å². The lowest BCUT2D eigenvalue weighted by atomic mass is 10.1. The molecule has 0 bridgehead atoms. The van der Waals surface area contributed by atoms with Crippen molar-refractivity contribution in [3.05, 3.63) is 58.7 Å². The van der Waals surface area contributed by atoms with Crippen molar-refractivity contribution < 1.29 is 19.4 Å². The SMILES string of the molecule is CC(=O)c1ccc(C)c(O)c1.CC(=O)c1ccc(C)c(OC(C)C)c1.[Cl][Al]([Cl])[Cl]. The van der Waals surface area contributed by atoms with Crippen LogP contribution in [-0.2, 0) is 0 Å². The monoisotopic (exact) mass is 474 g/mol. The molecular formula is C21H26AlCl3O4. The topological polar surface area (TPSA) is 63.6 Å². The Morgan fingerprint density at radius 3 is 1.69 bits per heavy atom. The average Bonchev–Trinajstić information content (AvgIpc) is 2.58. The van der Waals surface area contributed by atoms with Crippen LogP contribution in [0.1, 0.15) is 59.5 Å². The Kier molecular flexibility index (Phi) is 13.3. The third-order valence-corrected chi connectivity index (χ3v) is 3.57. The lowest BCUT2D eigenvalue weighted by molar-refractivity contribution is 0.100. The maximum absolute atomic E-state index is 11.1. The minimum absolute atomic E-state index is 0.0275. The molecule has 1 N–H and O–H groups in total. The number of hydrogen-bond donors (Lipinski definition) is 1. The van der Waals surface area contributed by atoms with Crippen LogP contribution in [0.5, 0.6) is 11.5 Å². The summed E-state index contributed by atoms with van der Waals surface area (Å²) in [6.07, 6.45) is 0.135. The molecule has 0 aliphatic heterocycles. The van der Waals surface area contributed by atoms with Gasteiger partial charge in [0.25, 0.3) is 0 Å². The summed E-state index contributed by atoms with van der Waals surface area (Å²) in [6.45, 7) is 10.7. The first kappa shape index (κ1) is 27.8. The van der Waals surface area contributed by atoms with E-state index in [1.54, 1.807) is 32.0 Å². The van der Waals surface area contributed by atoms with Crippen LogP contribution < -0.4 is 4.74 Å². The van der Waals surface area contributed by atoms with Gasteiger partial charge in [0.2, 0.25) is 0 Å². The summed E-state index contributed by atoms with van der Waals surface area (Å²) in [5.74, 6) is 1.02. The zero-order valence-electron chi connectivity index (χ0n) is 17.4. The maximum atomic E-state index is 11.1. The van der Waals surface area contributed by atoms with Gasteiger partial charge in [0.1, 0.15) is 11.5 Å². The fourth-order valence-corrected chi connectivity index (χ4v) is 2.03. The van der Waals surface area contributed by atoms with E-state index >= 15 is 0 Å². The van der Waals surface area contributed by atoms with Crippen molar-refractivity contribution in [2.24, 2.45) is 0 Å². The second-order valence-corrected chi connectivity index (χ2v) is 12.9. The first-order chi connectivity index (χ1) is 13.3. The number of ketones is 2. The van der Waals surface area contributed by atoms with E-state index < -0.39 is 11.4 Å². The fraction of sp³-hybridized carbons (Fsp3) is 0.333. The molecule has 8 heteroatoms. The van der Waals surface area contributed by atoms with E-state index in [9.17, 15) is 14.7 Å². The largest absolute Gasteiger partial charge is 0.643 e. The van der Waals surface area contributed by atoms with Crippen LogP contribution in [0, 0.1) is 13.8 Å². The zero-order chi connectivity index (χ0) is 22.7. The summed E-state index contributed by atoms with van der Waals surface area (Å²) in [5, 5.41) is 9.20. The molecule has 0 saturated carbocycles. The summed E-state index contributed by atoms with van der Waals surface area (Å²) in [6, 6.07) is 10.5. The molecule has 0 amide bonds. The molecule has 2 rings (SSSR count). The lowest BCUT2D eigenvalue weighted by Crippen LogP contribution is -2.07. The van der Waals surface area contributed by atoms with Crippen molar-refractivity contribution in [1.29, 1.82) is 0 Å². The number of rotatable bonds is 4. The van der Waals surface area contributed by atoms with E-state index in [-0.39, 0.29) is 23.4 Å².